The normalized spacial score (nSPS) is 10.3. The monoisotopic (exact) mass is 219 g/mol. The fraction of sp³-hybridized carbons (Fsp3) is 0.273. The minimum absolute atomic E-state index is 0.859. The van der Waals surface area contributed by atoms with Gasteiger partial charge in [0, 0.05) is 5.69 Å². The second-order valence-corrected chi connectivity index (χ2v) is 4.41. The highest BCUT2D eigenvalue weighted by Gasteiger charge is 2.01. The van der Waals surface area contributed by atoms with Crippen LogP contribution < -0.4 is 5.32 Å². The molecule has 0 amide bonds. The van der Waals surface area contributed by atoms with E-state index in [1.807, 2.05) is 12.1 Å². The Kier molecular flexibility index (Phi) is 2.97. The fourth-order valence-corrected chi connectivity index (χ4v) is 1.99. The summed E-state index contributed by atoms with van der Waals surface area (Å²) in [5.41, 5.74) is 2.30. The molecule has 1 aromatic carbocycles. The average Bonchev–Trinajstić information content (AvgIpc) is 2.65. The standard InChI is InChI=1S/C11H13N3S/c1-3-10-13-14-11(15-10)12-9-6-4-5-8(2)7-9/h4-7H,3H2,1-2H3,(H,12,14). The van der Waals surface area contributed by atoms with E-state index in [0.29, 0.717) is 0 Å². The van der Waals surface area contributed by atoms with Gasteiger partial charge < -0.3 is 5.32 Å². The van der Waals surface area contributed by atoms with Crippen LogP contribution in [0.3, 0.4) is 0 Å². The zero-order valence-corrected chi connectivity index (χ0v) is 9.64. The number of hydrogen-bond acceptors (Lipinski definition) is 4. The number of anilines is 2. The maximum atomic E-state index is 4.07. The van der Waals surface area contributed by atoms with Crippen LogP contribution in [0.4, 0.5) is 10.8 Å². The maximum absolute atomic E-state index is 4.07. The highest BCUT2D eigenvalue weighted by Crippen LogP contribution is 2.21. The van der Waals surface area contributed by atoms with Crippen molar-refractivity contribution in [2.45, 2.75) is 20.3 Å². The molecule has 0 saturated carbocycles. The first-order valence-electron chi connectivity index (χ1n) is 4.94. The third-order valence-corrected chi connectivity index (χ3v) is 3.02. The van der Waals surface area contributed by atoms with Gasteiger partial charge in [-0.3, -0.25) is 0 Å². The van der Waals surface area contributed by atoms with Crippen molar-refractivity contribution in [2.24, 2.45) is 0 Å². The van der Waals surface area contributed by atoms with E-state index in [-0.39, 0.29) is 0 Å². The lowest BCUT2D eigenvalue weighted by Gasteiger charge is -2.01. The van der Waals surface area contributed by atoms with Crippen LogP contribution in [0.15, 0.2) is 24.3 Å². The van der Waals surface area contributed by atoms with Crippen molar-refractivity contribution in [1.82, 2.24) is 10.2 Å². The lowest BCUT2D eigenvalue weighted by atomic mass is 10.2. The van der Waals surface area contributed by atoms with E-state index in [1.54, 1.807) is 11.3 Å². The molecule has 0 aliphatic rings. The van der Waals surface area contributed by atoms with Gasteiger partial charge in [-0.2, -0.15) is 0 Å². The summed E-state index contributed by atoms with van der Waals surface area (Å²) in [5.74, 6) is 0. The molecule has 0 spiro atoms. The fourth-order valence-electron chi connectivity index (χ4n) is 1.29. The van der Waals surface area contributed by atoms with Gasteiger partial charge in [-0.1, -0.05) is 30.4 Å². The Morgan fingerprint density at radius 1 is 1.33 bits per heavy atom. The highest BCUT2D eigenvalue weighted by atomic mass is 32.1. The summed E-state index contributed by atoms with van der Waals surface area (Å²) < 4.78 is 0. The van der Waals surface area contributed by atoms with Crippen molar-refractivity contribution in [2.75, 3.05) is 5.32 Å². The predicted octanol–water partition coefficient (Wildman–Crippen LogP) is 3.15. The number of aromatic nitrogens is 2. The lowest BCUT2D eigenvalue weighted by molar-refractivity contribution is 0.986. The lowest BCUT2D eigenvalue weighted by Crippen LogP contribution is -1.89. The van der Waals surface area contributed by atoms with Crippen LogP contribution in [0.5, 0.6) is 0 Å². The average molecular weight is 219 g/mol. The number of benzene rings is 1. The second-order valence-electron chi connectivity index (χ2n) is 3.35. The van der Waals surface area contributed by atoms with Gasteiger partial charge >= 0.3 is 0 Å². The van der Waals surface area contributed by atoms with Crippen molar-refractivity contribution in [1.29, 1.82) is 0 Å². The molecule has 0 atom stereocenters. The number of nitrogens with zero attached hydrogens (tertiary/aromatic N) is 2. The first-order chi connectivity index (χ1) is 7.28. The molecule has 15 heavy (non-hydrogen) atoms. The van der Waals surface area contributed by atoms with Crippen LogP contribution in [0.2, 0.25) is 0 Å². The highest BCUT2D eigenvalue weighted by molar-refractivity contribution is 7.15. The van der Waals surface area contributed by atoms with Crippen LogP contribution in [0.25, 0.3) is 0 Å². The topological polar surface area (TPSA) is 37.8 Å². The summed E-state index contributed by atoms with van der Waals surface area (Å²) in [6.45, 7) is 4.15. The molecule has 3 nitrogen and oxygen atoms in total. The number of rotatable bonds is 3. The molecule has 0 bridgehead atoms. The van der Waals surface area contributed by atoms with Gasteiger partial charge in [0.15, 0.2) is 0 Å². The Labute approximate surface area is 93.2 Å². The largest absolute Gasteiger partial charge is 0.330 e. The third-order valence-electron chi connectivity index (χ3n) is 2.04. The van der Waals surface area contributed by atoms with Gasteiger partial charge in [0.05, 0.1) is 0 Å². The molecule has 4 heteroatoms. The first kappa shape index (κ1) is 10.1. The summed E-state index contributed by atoms with van der Waals surface area (Å²) >= 11 is 1.60. The first-order valence-corrected chi connectivity index (χ1v) is 5.75. The van der Waals surface area contributed by atoms with Crippen LogP contribution in [-0.4, -0.2) is 10.2 Å². The molecule has 0 unspecified atom stereocenters. The molecule has 0 radical (unpaired) electrons. The Morgan fingerprint density at radius 3 is 2.87 bits per heavy atom. The molecule has 1 aromatic heterocycles. The van der Waals surface area contributed by atoms with Crippen LogP contribution in [0, 0.1) is 6.92 Å². The Hall–Kier alpha value is -1.42. The second kappa shape index (κ2) is 4.40. The van der Waals surface area contributed by atoms with Crippen LogP contribution >= 0.6 is 11.3 Å². The van der Waals surface area contributed by atoms with E-state index >= 15 is 0 Å². The van der Waals surface area contributed by atoms with E-state index in [1.165, 1.54) is 5.56 Å². The predicted molar refractivity (Wildman–Crippen MR) is 63.7 cm³/mol. The third kappa shape index (κ3) is 2.53. The Balaban J connectivity index is 2.14. The van der Waals surface area contributed by atoms with E-state index < -0.39 is 0 Å². The molecule has 2 aromatic rings. The molecule has 0 aliphatic heterocycles. The molecule has 1 N–H and O–H groups in total. The van der Waals surface area contributed by atoms with E-state index in [2.05, 4.69) is 41.5 Å². The van der Waals surface area contributed by atoms with E-state index in [9.17, 15) is 0 Å². The molecule has 0 saturated heterocycles. The van der Waals surface area contributed by atoms with Crippen molar-refractivity contribution >= 4 is 22.2 Å². The zero-order valence-electron chi connectivity index (χ0n) is 8.82. The molecule has 0 fully saturated rings. The summed E-state index contributed by atoms with van der Waals surface area (Å²) in [7, 11) is 0. The number of aryl methyl sites for hydroxylation is 2. The quantitative estimate of drug-likeness (QED) is 0.861. The van der Waals surface area contributed by atoms with Gasteiger partial charge in [0.2, 0.25) is 5.13 Å². The molecular weight excluding hydrogens is 206 g/mol. The molecule has 1 heterocycles. The smallest absolute Gasteiger partial charge is 0.210 e. The molecule has 0 aliphatic carbocycles. The van der Waals surface area contributed by atoms with Gasteiger partial charge in [-0.05, 0) is 31.0 Å². The summed E-state index contributed by atoms with van der Waals surface area (Å²) in [6, 6.07) is 8.22. The Bertz CT molecular complexity index is 451. The van der Waals surface area contributed by atoms with E-state index in [4.69, 9.17) is 0 Å². The minimum Gasteiger partial charge on any atom is -0.330 e. The summed E-state index contributed by atoms with van der Waals surface area (Å²) in [4.78, 5) is 0. The van der Waals surface area contributed by atoms with Gasteiger partial charge in [-0.15, -0.1) is 10.2 Å². The van der Waals surface area contributed by atoms with Crippen LogP contribution in [-0.2, 0) is 6.42 Å². The number of nitrogens with one attached hydrogen (secondary N) is 1. The maximum Gasteiger partial charge on any atom is 0.210 e. The van der Waals surface area contributed by atoms with Gasteiger partial charge in [0.25, 0.3) is 0 Å². The summed E-state index contributed by atoms with van der Waals surface area (Å²) in [5, 5.41) is 13.3. The number of hydrogen-bond donors (Lipinski definition) is 1. The van der Waals surface area contributed by atoms with Crippen molar-refractivity contribution in [3.05, 3.63) is 34.8 Å². The van der Waals surface area contributed by atoms with Crippen molar-refractivity contribution in [3.8, 4) is 0 Å². The molecule has 78 valence electrons. The zero-order chi connectivity index (χ0) is 10.7. The van der Waals surface area contributed by atoms with E-state index in [0.717, 1.165) is 22.2 Å². The SMILES string of the molecule is CCc1nnc(Nc2cccc(C)c2)s1. The van der Waals surface area contributed by atoms with Gasteiger partial charge in [-0.25, -0.2) is 0 Å². The van der Waals surface area contributed by atoms with Crippen molar-refractivity contribution < 1.29 is 0 Å². The van der Waals surface area contributed by atoms with Gasteiger partial charge in [0.1, 0.15) is 5.01 Å². The molecule has 2 rings (SSSR count). The van der Waals surface area contributed by atoms with Crippen LogP contribution in [0.1, 0.15) is 17.5 Å². The van der Waals surface area contributed by atoms with Crippen molar-refractivity contribution in [3.63, 3.8) is 0 Å². The molecular formula is C11H13N3S. The minimum atomic E-state index is 0.859. The Morgan fingerprint density at radius 2 is 2.20 bits per heavy atom. The summed E-state index contributed by atoms with van der Waals surface area (Å²) in [6.07, 6.45) is 0.938.